The average molecular weight is 194 g/mol. The van der Waals surface area contributed by atoms with Crippen LogP contribution >= 0.6 is 0 Å². The third-order valence-corrected chi connectivity index (χ3v) is 1.66. The van der Waals surface area contributed by atoms with Gasteiger partial charge in [0.25, 0.3) is 0 Å². The summed E-state index contributed by atoms with van der Waals surface area (Å²) in [5.74, 6) is 0.232. The van der Waals surface area contributed by atoms with Gasteiger partial charge in [0.05, 0.1) is 36.7 Å². The highest BCUT2D eigenvalue weighted by atomic mass is 16.3. The lowest BCUT2D eigenvalue weighted by Gasteiger charge is -2.13. The molecule has 6 heteroatoms. The van der Waals surface area contributed by atoms with E-state index in [0.29, 0.717) is 0 Å². The molecule has 4 N–H and O–H groups in total. The molecule has 0 aromatic carbocycles. The summed E-state index contributed by atoms with van der Waals surface area (Å²) < 4.78 is 0. The maximum Gasteiger partial charge on any atom is 0.141 e. The van der Waals surface area contributed by atoms with E-state index < -0.39 is 12.2 Å². The second-order valence-electron chi connectivity index (χ2n) is 2.74. The third kappa shape index (κ3) is 2.39. The lowest BCUT2D eigenvalue weighted by Crippen LogP contribution is -2.18. The molecule has 0 fully saturated rings. The minimum atomic E-state index is -1.21. The summed E-state index contributed by atoms with van der Waals surface area (Å²) in [7, 11) is 0. The number of nitriles is 1. The largest absolute Gasteiger partial charge is 0.389 e. The number of aliphatic hydroxyl groups is 2. The molecule has 2 unspecified atom stereocenters. The highest BCUT2D eigenvalue weighted by Gasteiger charge is 2.19. The Bertz CT molecular complexity index is 332. The standard InChI is InChI=1S/C8H10N4O2/c9-2-1-6(13)8(14)5-3-12-7(10)4-11-5/h3-4,6,8,13-14H,1H2,(H2,10,12). The van der Waals surface area contributed by atoms with Crippen LogP contribution in [0.1, 0.15) is 18.2 Å². The number of aromatic nitrogens is 2. The maximum atomic E-state index is 9.47. The number of nitrogens with zero attached hydrogens (tertiary/aromatic N) is 3. The fourth-order valence-electron chi connectivity index (χ4n) is 0.903. The van der Waals surface area contributed by atoms with Gasteiger partial charge in [-0.2, -0.15) is 5.26 Å². The van der Waals surface area contributed by atoms with Crippen molar-refractivity contribution < 1.29 is 10.2 Å². The van der Waals surface area contributed by atoms with Crippen LogP contribution in [0.2, 0.25) is 0 Å². The number of aliphatic hydroxyl groups excluding tert-OH is 2. The van der Waals surface area contributed by atoms with Crippen molar-refractivity contribution in [2.24, 2.45) is 0 Å². The molecule has 6 nitrogen and oxygen atoms in total. The highest BCUT2D eigenvalue weighted by molar-refractivity contribution is 5.23. The Kier molecular flexibility index (Phi) is 3.34. The van der Waals surface area contributed by atoms with Crippen LogP contribution in [0.25, 0.3) is 0 Å². The van der Waals surface area contributed by atoms with E-state index >= 15 is 0 Å². The second kappa shape index (κ2) is 4.50. The quantitative estimate of drug-likeness (QED) is 0.589. The number of anilines is 1. The molecule has 0 radical (unpaired) electrons. The minimum absolute atomic E-state index is 0.160. The van der Waals surface area contributed by atoms with Crippen LogP contribution in [0.15, 0.2) is 12.4 Å². The van der Waals surface area contributed by atoms with Crippen molar-refractivity contribution in [1.29, 1.82) is 5.26 Å². The van der Waals surface area contributed by atoms with Gasteiger partial charge in [-0.1, -0.05) is 0 Å². The van der Waals surface area contributed by atoms with Crippen LogP contribution in [0.3, 0.4) is 0 Å². The van der Waals surface area contributed by atoms with Crippen molar-refractivity contribution in [2.45, 2.75) is 18.6 Å². The van der Waals surface area contributed by atoms with E-state index in [2.05, 4.69) is 9.97 Å². The van der Waals surface area contributed by atoms with Crippen molar-refractivity contribution >= 4 is 5.82 Å². The zero-order chi connectivity index (χ0) is 10.6. The summed E-state index contributed by atoms with van der Waals surface area (Å²) in [5.41, 5.74) is 5.49. The van der Waals surface area contributed by atoms with Gasteiger partial charge in [0.15, 0.2) is 0 Å². The summed E-state index contributed by atoms with van der Waals surface area (Å²) >= 11 is 0. The van der Waals surface area contributed by atoms with E-state index in [4.69, 9.17) is 11.0 Å². The number of hydrogen-bond acceptors (Lipinski definition) is 6. The van der Waals surface area contributed by atoms with E-state index in [9.17, 15) is 10.2 Å². The van der Waals surface area contributed by atoms with Crippen LogP contribution in [0.4, 0.5) is 5.82 Å². The Hall–Kier alpha value is -1.71. The van der Waals surface area contributed by atoms with Gasteiger partial charge < -0.3 is 15.9 Å². The first-order chi connectivity index (χ1) is 6.65. The molecule has 0 amide bonds. The van der Waals surface area contributed by atoms with Gasteiger partial charge in [-0.25, -0.2) is 4.98 Å². The van der Waals surface area contributed by atoms with Gasteiger partial charge in [0.2, 0.25) is 0 Å². The normalized spacial score (nSPS) is 14.4. The zero-order valence-electron chi connectivity index (χ0n) is 7.33. The molecule has 0 saturated heterocycles. The molecule has 74 valence electrons. The van der Waals surface area contributed by atoms with E-state index in [1.54, 1.807) is 6.07 Å². The molecular weight excluding hydrogens is 184 g/mol. The summed E-state index contributed by atoms with van der Waals surface area (Å²) in [4.78, 5) is 7.48. The Morgan fingerprint density at radius 3 is 2.64 bits per heavy atom. The smallest absolute Gasteiger partial charge is 0.141 e. The van der Waals surface area contributed by atoms with Gasteiger partial charge in [-0.3, -0.25) is 4.98 Å². The Morgan fingerprint density at radius 2 is 2.14 bits per heavy atom. The number of nitrogen functional groups attached to an aromatic ring is 1. The average Bonchev–Trinajstić information content (AvgIpc) is 2.18. The van der Waals surface area contributed by atoms with Crippen LogP contribution < -0.4 is 5.73 Å². The fourth-order valence-corrected chi connectivity index (χ4v) is 0.903. The maximum absolute atomic E-state index is 9.47. The monoisotopic (exact) mass is 194 g/mol. The molecule has 14 heavy (non-hydrogen) atoms. The molecule has 1 rings (SSSR count). The van der Waals surface area contributed by atoms with Crippen LogP contribution in [0.5, 0.6) is 0 Å². The molecule has 1 heterocycles. The van der Waals surface area contributed by atoms with Crippen molar-refractivity contribution in [3.8, 4) is 6.07 Å². The van der Waals surface area contributed by atoms with E-state index in [1.165, 1.54) is 12.4 Å². The molecule has 0 saturated carbocycles. The molecular formula is C8H10N4O2. The molecule has 1 aromatic rings. The SMILES string of the molecule is N#CCC(O)C(O)c1cnc(N)cn1. The molecule has 2 atom stereocenters. The lowest BCUT2D eigenvalue weighted by molar-refractivity contribution is 0.0188. The number of rotatable bonds is 3. The molecule has 0 aliphatic heterocycles. The second-order valence-corrected chi connectivity index (χ2v) is 2.74. The number of nitrogens with two attached hydrogens (primary N) is 1. The third-order valence-electron chi connectivity index (χ3n) is 1.66. The van der Waals surface area contributed by atoms with Crippen molar-refractivity contribution in [1.82, 2.24) is 9.97 Å². The van der Waals surface area contributed by atoms with Gasteiger partial charge >= 0.3 is 0 Å². The lowest BCUT2D eigenvalue weighted by atomic mass is 10.1. The molecule has 0 spiro atoms. The minimum Gasteiger partial charge on any atom is -0.389 e. The van der Waals surface area contributed by atoms with Gasteiger partial charge in [0.1, 0.15) is 11.9 Å². The zero-order valence-corrected chi connectivity index (χ0v) is 7.33. The molecule has 0 bridgehead atoms. The van der Waals surface area contributed by atoms with Crippen molar-refractivity contribution in [2.75, 3.05) is 5.73 Å². The van der Waals surface area contributed by atoms with Gasteiger partial charge in [0, 0.05) is 0 Å². The molecule has 1 aromatic heterocycles. The summed E-state index contributed by atoms with van der Waals surface area (Å²) in [6.07, 6.45) is 0.0199. The molecule has 0 aliphatic carbocycles. The molecule has 0 aliphatic rings. The van der Waals surface area contributed by atoms with Crippen molar-refractivity contribution in [3.63, 3.8) is 0 Å². The van der Waals surface area contributed by atoms with Crippen molar-refractivity contribution in [3.05, 3.63) is 18.1 Å². The van der Waals surface area contributed by atoms with Gasteiger partial charge in [-0.05, 0) is 0 Å². The van der Waals surface area contributed by atoms with E-state index in [-0.39, 0.29) is 17.9 Å². The van der Waals surface area contributed by atoms with E-state index in [1.807, 2.05) is 0 Å². The summed E-state index contributed by atoms with van der Waals surface area (Å²) in [6, 6.07) is 1.75. The number of hydrogen-bond donors (Lipinski definition) is 3. The predicted octanol–water partition coefficient (Wildman–Crippen LogP) is -0.633. The first-order valence-electron chi connectivity index (χ1n) is 3.95. The van der Waals surface area contributed by atoms with Crippen LogP contribution in [0, 0.1) is 11.3 Å². The van der Waals surface area contributed by atoms with Gasteiger partial charge in [-0.15, -0.1) is 0 Å². The first-order valence-corrected chi connectivity index (χ1v) is 3.95. The predicted molar refractivity (Wildman–Crippen MR) is 47.6 cm³/mol. The highest BCUT2D eigenvalue weighted by Crippen LogP contribution is 2.15. The summed E-state index contributed by atoms with van der Waals surface area (Å²) in [6.45, 7) is 0. The first kappa shape index (κ1) is 10.4. The topological polar surface area (TPSA) is 116 Å². The van der Waals surface area contributed by atoms with E-state index in [0.717, 1.165) is 0 Å². The Balaban J connectivity index is 2.74. The Labute approximate surface area is 80.7 Å². The fraction of sp³-hybridized carbons (Fsp3) is 0.375. The van der Waals surface area contributed by atoms with Crippen LogP contribution in [-0.2, 0) is 0 Å². The Morgan fingerprint density at radius 1 is 1.43 bits per heavy atom. The van der Waals surface area contributed by atoms with Crippen LogP contribution in [-0.4, -0.2) is 26.3 Å². The summed E-state index contributed by atoms with van der Waals surface area (Å²) in [5, 5.41) is 27.0.